The van der Waals surface area contributed by atoms with Gasteiger partial charge in [-0.1, -0.05) is 0 Å². The van der Waals surface area contributed by atoms with Gasteiger partial charge in [0, 0.05) is 18.6 Å². The fourth-order valence-electron chi connectivity index (χ4n) is 1.08. The number of rotatable bonds is 0. The predicted molar refractivity (Wildman–Crippen MR) is 42.9 cm³/mol. The number of pyridine rings is 1. The highest BCUT2D eigenvalue weighted by molar-refractivity contribution is 5.88. The minimum absolute atomic E-state index is 0.676. The molecule has 0 atom stereocenters. The quantitative estimate of drug-likeness (QED) is 0.593. The Morgan fingerprint density at radius 2 is 2.27 bits per heavy atom. The van der Waals surface area contributed by atoms with Gasteiger partial charge in [0.25, 0.3) is 0 Å². The summed E-state index contributed by atoms with van der Waals surface area (Å²) in [5.74, 6) is 0. The minimum Gasteiger partial charge on any atom is -0.397 e. The molecular weight excluding hydrogens is 140 g/mol. The monoisotopic (exact) mass is 148 g/mol. The molecule has 0 bridgehead atoms. The normalized spacial score (nSPS) is 10.6. The Morgan fingerprint density at radius 1 is 1.45 bits per heavy atom. The van der Waals surface area contributed by atoms with Crippen molar-refractivity contribution in [2.75, 3.05) is 5.73 Å². The van der Waals surface area contributed by atoms with Crippen LogP contribution in [0.5, 0.6) is 0 Å². The number of nitrogens with zero attached hydrogens (tertiary/aromatic N) is 3. The molecule has 0 radical (unpaired) electrons. The van der Waals surface area contributed by atoms with Crippen molar-refractivity contribution in [3.63, 3.8) is 0 Å². The second-order valence-electron chi connectivity index (χ2n) is 2.46. The van der Waals surface area contributed by atoms with Crippen molar-refractivity contribution in [1.82, 2.24) is 14.8 Å². The van der Waals surface area contributed by atoms with Crippen LogP contribution in [-0.2, 0) is 7.05 Å². The van der Waals surface area contributed by atoms with Gasteiger partial charge in [-0.15, -0.1) is 0 Å². The Hall–Kier alpha value is -1.58. The lowest BCUT2D eigenvalue weighted by atomic mass is 10.3. The topological polar surface area (TPSA) is 56.7 Å². The number of nitrogen functional groups attached to an aromatic ring is 1. The summed E-state index contributed by atoms with van der Waals surface area (Å²) in [5.41, 5.74) is 7.17. The van der Waals surface area contributed by atoms with E-state index in [9.17, 15) is 0 Å². The highest BCUT2D eigenvalue weighted by Gasteiger charge is 2.00. The maximum Gasteiger partial charge on any atom is 0.113 e. The number of nitrogens with two attached hydrogens (primary N) is 1. The molecule has 2 heterocycles. The zero-order valence-electron chi connectivity index (χ0n) is 6.15. The van der Waals surface area contributed by atoms with Crippen molar-refractivity contribution in [3.8, 4) is 0 Å². The van der Waals surface area contributed by atoms with E-state index in [2.05, 4.69) is 10.1 Å². The van der Waals surface area contributed by atoms with Crippen molar-refractivity contribution < 1.29 is 0 Å². The van der Waals surface area contributed by atoms with Gasteiger partial charge in [0.15, 0.2) is 0 Å². The van der Waals surface area contributed by atoms with Gasteiger partial charge in [0.05, 0.1) is 18.1 Å². The van der Waals surface area contributed by atoms with Gasteiger partial charge in [0.1, 0.15) is 5.52 Å². The SMILES string of the molecule is Cn1cc2c(N)cncc2n1. The maximum absolute atomic E-state index is 5.65. The average molecular weight is 148 g/mol. The molecule has 0 saturated carbocycles. The van der Waals surface area contributed by atoms with Gasteiger partial charge in [-0.3, -0.25) is 9.67 Å². The summed E-state index contributed by atoms with van der Waals surface area (Å²) in [5, 5.41) is 5.11. The first-order valence-corrected chi connectivity index (χ1v) is 3.30. The molecule has 0 fully saturated rings. The van der Waals surface area contributed by atoms with E-state index in [1.54, 1.807) is 17.1 Å². The van der Waals surface area contributed by atoms with Gasteiger partial charge < -0.3 is 5.73 Å². The molecule has 2 aromatic heterocycles. The number of fused-ring (bicyclic) bond motifs is 1. The van der Waals surface area contributed by atoms with E-state index in [-0.39, 0.29) is 0 Å². The molecule has 4 heteroatoms. The van der Waals surface area contributed by atoms with Gasteiger partial charge in [0.2, 0.25) is 0 Å². The molecule has 0 unspecified atom stereocenters. The molecule has 2 rings (SSSR count). The molecule has 4 nitrogen and oxygen atoms in total. The van der Waals surface area contributed by atoms with Crippen LogP contribution in [0.2, 0.25) is 0 Å². The maximum atomic E-state index is 5.65. The standard InChI is InChI=1S/C7H8N4/c1-11-4-5-6(8)2-9-3-7(5)10-11/h2-4H,8H2,1H3. The molecule has 0 amide bonds. The summed E-state index contributed by atoms with van der Waals surface area (Å²) in [6, 6.07) is 0. The van der Waals surface area contributed by atoms with Crippen molar-refractivity contribution >= 4 is 16.6 Å². The largest absolute Gasteiger partial charge is 0.397 e. The third-order valence-electron chi connectivity index (χ3n) is 1.58. The van der Waals surface area contributed by atoms with Crippen molar-refractivity contribution in [2.45, 2.75) is 0 Å². The Labute approximate surface area is 63.6 Å². The Balaban J connectivity index is 2.90. The highest BCUT2D eigenvalue weighted by atomic mass is 15.2. The Morgan fingerprint density at radius 3 is 3.00 bits per heavy atom. The van der Waals surface area contributed by atoms with Gasteiger partial charge >= 0.3 is 0 Å². The minimum atomic E-state index is 0.676. The number of aromatic nitrogens is 3. The number of hydrogen-bond acceptors (Lipinski definition) is 3. The lowest BCUT2D eigenvalue weighted by Crippen LogP contribution is -1.85. The van der Waals surface area contributed by atoms with Crippen LogP contribution in [0.25, 0.3) is 10.9 Å². The van der Waals surface area contributed by atoms with E-state index in [1.807, 2.05) is 13.2 Å². The fraction of sp³-hybridized carbons (Fsp3) is 0.143. The second-order valence-corrected chi connectivity index (χ2v) is 2.46. The smallest absolute Gasteiger partial charge is 0.113 e. The molecule has 0 aliphatic heterocycles. The Kier molecular flexibility index (Phi) is 1.09. The van der Waals surface area contributed by atoms with Gasteiger partial charge in [-0.2, -0.15) is 5.10 Å². The molecule has 56 valence electrons. The van der Waals surface area contributed by atoms with E-state index >= 15 is 0 Å². The van der Waals surface area contributed by atoms with Crippen molar-refractivity contribution in [1.29, 1.82) is 0 Å². The molecule has 0 aliphatic rings. The molecule has 0 spiro atoms. The zero-order valence-corrected chi connectivity index (χ0v) is 6.15. The van der Waals surface area contributed by atoms with Crippen LogP contribution in [0.3, 0.4) is 0 Å². The van der Waals surface area contributed by atoms with Crippen LogP contribution in [0.15, 0.2) is 18.6 Å². The summed E-state index contributed by atoms with van der Waals surface area (Å²) in [6.07, 6.45) is 5.21. The van der Waals surface area contributed by atoms with Gasteiger partial charge in [-0.05, 0) is 0 Å². The summed E-state index contributed by atoms with van der Waals surface area (Å²) >= 11 is 0. The lowest BCUT2D eigenvalue weighted by Gasteiger charge is -1.89. The first-order chi connectivity index (χ1) is 5.27. The molecule has 0 saturated heterocycles. The summed E-state index contributed by atoms with van der Waals surface area (Å²) in [4.78, 5) is 3.92. The third kappa shape index (κ3) is 0.832. The first kappa shape index (κ1) is 6.15. The number of hydrogen-bond donors (Lipinski definition) is 1. The number of aryl methyl sites for hydroxylation is 1. The van der Waals surface area contributed by atoms with Gasteiger partial charge in [-0.25, -0.2) is 0 Å². The van der Waals surface area contributed by atoms with E-state index < -0.39 is 0 Å². The van der Waals surface area contributed by atoms with Crippen LogP contribution >= 0.6 is 0 Å². The summed E-state index contributed by atoms with van der Waals surface area (Å²) in [6.45, 7) is 0. The lowest BCUT2D eigenvalue weighted by molar-refractivity contribution is 0.779. The molecule has 11 heavy (non-hydrogen) atoms. The summed E-state index contributed by atoms with van der Waals surface area (Å²) in [7, 11) is 1.86. The molecule has 2 N–H and O–H groups in total. The molecule has 0 aromatic carbocycles. The van der Waals surface area contributed by atoms with Crippen LogP contribution in [0.1, 0.15) is 0 Å². The van der Waals surface area contributed by atoms with Crippen molar-refractivity contribution in [2.24, 2.45) is 7.05 Å². The molecular formula is C7H8N4. The van der Waals surface area contributed by atoms with Crippen LogP contribution in [-0.4, -0.2) is 14.8 Å². The third-order valence-corrected chi connectivity index (χ3v) is 1.58. The van der Waals surface area contributed by atoms with E-state index in [0.717, 1.165) is 10.9 Å². The zero-order chi connectivity index (χ0) is 7.84. The molecule has 2 aromatic rings. The predicted octanol–water partition coefficient (Wildman–Crippen LogP) is 0.550. The van der Waals surface area contributed by atoms with Crippen molar-refractivity contribution in [3.05, 3.63) is 18.6 Å². The van der Waals surface area contributed by atoms with E-state index in [1.165, 1.54) is 0 Å². The Bertz CT molecular complexity index is 390. The second kappa shape index (κ2) is 1.95. The molecule has 0 aliphatic carbocycles. The first-order valence-electron chi connectivity index (χ1n) is 3.30. The summed E-state index contributed by atoms with van der Waals surface area (Å²) < 4.78 is 1.72. The fourth-order valence-corrected chi connectivity index (χ4v) is 1.08. The average Bonchev–Trinajstić information content (AvgIpc) is 2.31. The van der Waals surface area contributed by atoms with E-state index in [0.29, 0.717) is 5.69 Å². The van der Waals surface area contributed by atoms with Crippen LogP contribution < -0.4 is 5.73 Å². The van der Waals surface area contributed by atoms with Crippen LogP contribution in [0, 0.1) is 0 Å². The highest BCUT2D eigenvalue weighted by Crippen LogP contribution is 2.16. The number of anilines is 1. The van der Waals surface area contributed by atoms with E-state index in [4.69, 9.17) is 5.73 Å². The van der Waals surface area contributed by atoms with Crippen LogP contribution in [0.4, 0.5) is 5.69 Å².